The molecule has 0 aliphatic rings. The predicted molar refractivity (Wildman–Crippen MR) is 68.6 cm³/mol. The fraction of sp³-hybridized carbons (Fsp3) is 0.182. The van der Waals surface area contributed by atoms with Gasteiger partial charge < -0.3 is 4.74 Å². The molecule has 4 nitrogen and oxygen atoms in total. The van der Waals surface area contributed by atoms with Crippen LogP contribution in [0.4, 0.5) is 0 Å². The first kappa shape index (κ1) is 12.2. The normalized spacial score (nSPS) is 10.2. The van der Waals surface area contributed by atoms with Crippen LogP contribution in [0.15, 0.2) is 28.3 Å². The van der Waals surface area contributed by atoms with Crippen molar-refractivity contribution < 1.29 is 9.53 Å². The molecule has 0 bridgehead atoms. The molecule has 6 heteroatoms. The number of aromatic nitrogens is 2. The van der Waals surface area contributed by atoms with E-state index in [0.717, 1.165) is 9.35 Å². The summed E-state index contributed by atoms with van der Waals surface area (Å²) >= 11 is 4.94. The molecule has 0 aromatic carbocycles. The lowest BCUT2D eigenvalue weighted by Gasteiger charge is -2.01. The number of hydrogen-bond donors (Lipinski definition) is 0. The second-order valence-corrected chi connectivity index (χ2v) is 5.09. The highest BCUT2D eigenvalue weighted by atomic mass is 79.9. The Kier molecular flexibility index (Phi) is 3.86. The average Bonchev–Trinajstić information content (AvgIpc) is 2.75. The van der Waals surface area contributed by atoms with Gasteiger partial charge in [-0.25, -0.2) is 9.97 Å². The van der Waals surface area contributed by atoms with Crippen molar-refractivity contribution >= 4 is 33.0 Å². The highest BCUT2D eigenvalue weighted by Gasteiger charge is 2.12. The quantitative estimate of drug-likeness (QED) is 0.815. The van der Waals surface area contributed by atoms with Gasteiger partial charge in [0.25, 0.3) is 0 Å². The van der Waals surface area contributed by atoms with Gasteiger partial charge in [0.1, 0.15) is 12.0 Å². The van der Waals surface area contributed by atoms with Gasteiger partial charge in [-0.3, -0.25) is 4.79 Å². The number of rotatable bonds is 4. The number of ketones is 1. The molecule has 0 radical (unpaired) electrons. The average molecular weight is 313 g/mol. The molecule has 0 fully saturated rings. The van der Waals surface area contributed by atoms with E-state index in [9.17, 15) is 4.79 Å². The topological polar surface area (TPSA) is 52.1 Å². The first-order valence-electron chi connectivity index (χ1n) is 4.82. The van der Waals surface area contributed by atoms with Crippen molar-refractivity contribution in [2.45, 2.75) is 6.42 Å². The maximum atomic E-state index is 12.0. The molecular weight excluding hydrogens is 304 g/mol. The summed E-state index contributed by atoms with van der Waals surface area (Å²) in [5.41, 5.74) is 0.372. The molecule has 17 heavy (non-hydrogen) atoms. The number of thiophene rings is 1. The maximum absolute atomic E-state index is 12.0. The minimum absolute atomic E-state index is 0.0474. The third kappa shape index (κ3) is 2.89. The Hall–Kier alpha value is -1.27. The number of nitrogens with zero attached hydrogens (tertiary/aromatic N) is 2. The van der Waals surface area contributed by atoms with E-state index in [1.165, 1.54) is 13.4 Å². The van der Waals surface area contributed by atoms with Gasteiger partial charge in [0, 0.05) is 21.8 Å². The summed E-state index contributed by atoms with van der Waals surface area (Å²) in [5, 5.41) is 1.94. The van der Waals surface area contributed by atoms with Crippen molar-refractivity contribution in [2.75, 3.05) is 7.11 Å². The number of halogens is 1. The fourth-order valence-electron chi connectivity index (χ4n) is 1.29. The molecule has 0 saturated carbocycles. The van der Waals surface area contributed by atoms with E-state index < -0.39 is 0 Å². The highest BCUT2D eigenvalue weighted by molar-refractivity contribution is 9.10. The molecule has 0 spiro atoms. The number of Topliss-reactive ketones (excluding diaryl/α,β-unsaturated/α-hetero) is 1. The highest BCUT2D eigenvalue weighted by Crippen LogP contribution is 2.24. The lowest BCUT2D eigenvalue weighted by Crippen LogP contribution is -2.06. The lowest BCUT2D eigenvalue weighted by atomic mass is 10.2. The molecule has 2 aromatic heterocycles. The number of hydrogen-bond acceptors (Lipinski definition) is 5. The van der Waals surface area contributed by atoms with E-state index in [4.69, 9.17) is 4.74 Å². The summed E-state index contributed by atoms with van der Waals surface area (Å²) in [4.78, 5) is 20.8. The molecule has 0 amide bonds. The van der Waals surface area contributed by atoms with Crippen molar-refractivity contribution in [3.63, 3.8) is 0 Å². The first-order valence-corrected chi connectivity index (χ1v) is 6.49. The number of methoxy groups -OCH3 is 1. The van der Waals surface area contributed by atoms with Gasteiger partial charge in [-0.1, -0.05) is 0 Å². The van der Waals surface area contributed by atoms with E-state index >= 15 is 0 Å². The molecule has 2 aromatic rings. The van der Waals surface area contributed by atoms with Crippen LogP contribution in [-0.2, 0) is 6.42 Å². The smallest absolute Gasteiger partial charge is 0.216 e. The Morgan fingerprint density at radius 2 is 2.35 bits per heavy atom. The van der Waals surface area contributed by atoms with Crippen LogP contribution < -0.4 is 4.74 Å². The van der Waals surface area contributed by atoms with Crippen LogP contribution >= 0.6 is 27.3 Å². The Morgan fingerprint density at radius 1 is 1.53 bits per heavy atom. The molecule has 2 heterocycles. The molecule has 0 atom stereocenters. The molecule has 88 valence electrons. The van der Waals surface area contributed by atoms with Crippen LogP contribution in [0.2, 0.25) is 0 Å². The van der Waals surface area contributed by atoms with Gasteiger partial charge in [-0.15, -0.1) is 11.3 Å². The number of carbonyl (C=O) groups excluding carboxylic acids is 1. The van der Waals surface area contributed by atoms with Crippen LogP contribution in [0.3, 0.4) is 0 Å². The third-order valence-corrected chi connectivity index (χ3v) is 4.08. The fourth-order valence-corrected chi connectivity index (χ4v) is 2.78. The molecule has 0 aliphatic carbocycles. The molecule has 2 rings (SSSR count). The summed E-state index contributed by atoms with van der Waals surface area (Å²) in [6.07, 6.45) is 1.66. The maximum Gasteiger partial charge on any atom is 0.216 e. The SMILES string of the molecule is COc1cc(C(=O)Cc2sccc2Br)ncn1. The van der Waals surface area contributed by atoms with Crippen LogP contribution in [0.25, 0.3) is 0 Å². The zero-order valence-corrected chi connectivity index (χ0v) is 11.4. The molecule has 0 N–H and O–H groups in total. The molecule has 0 saturated heterocycles. The summed E-state index contributed by atoms with van der Waals surface area (Å²) in [6, 6.07) is 3.47. The van der Waals surface area contributed by atoms with E-state index in [1.807, 2.05) is 11.4 Å². The van der Waals surface area contributed by atoms with Crippen LogP contribution in [0.5, 0.6) is 5.88 Å². The first-order chi connectivity index (χ1) is 8.20. The Balaban J connectivity index is 2.17. The minimum Gasteiger partial charge on any atom is -0.481 e. The molecule has 0 unspecified atom stereocenters. The van der Waals surface area contributed by atoms with E-state index in [1.54, 1.807) is 17.4 Å². The van der Waals surface area contributed by atoms with Crippen LogP contribution in [0, 0.1) is 0 Å². The summed E-state index contributed by atoms with van der Waals surface area (Å²) in [5.74, 6) is 0.349. The monoisotopic (exact) mass is 312 g/mol. The molecule has 0 aliphatic heterocycles. The van der Waals surface area contributed by atoms with Gasteiger partial charge in [-0.2, -0.15) is 0 Å². The van der Waals surface area contributed by atoms with Crippen molar-refractivity contribution in [2.24, 2.45) is 0 Å². The largest absolute Gasteiger partial charge is 0.481 e. The zero-order chi connectivity index (χ0) is 12.3. The summed E-state index contributed by atoms with van der Waals surface area (Å²) < 4.78 is 5.91. The second-order valence-electron chi connectivity index (χ2n) is 3.24. The van der Waals surface area contributed by atoms with Gasteiger partial charge >= 0.3 is 0 Å². The van der Waals surface area contributed by atoms with Crippen molar-refractivity contribution in [1.82, 2.24) is 9.97 Å². The lowest BCUT2D eigenvalue weighted by molar-refractivity contribution is 0.0988. The molecular formula is C11H9BrN2O2S. The summed E-state index contributed by atoms with van der Waals surface area (Å²) in [6.45, 7) is 0. The predicted octanol–water partition coefficient (Wildman–Crippen LogP) is 2.73. The number of ether oxygens (including phenoxy) is 1. The van der Waals surface area contributed by atoms with Gasteiger partial charge in [0.05, 0.1) is 7.11 Å². The minimum atomic E-state index is -0.0474. The Labute approximate surface area is 111 Å². The van der Waals surface area contributed by atoms with Crippen molar-refractivity contribution in [1.29, 1.82) is 0 Å². The van der Waals surface area contributed by atoms with Crippen molar-refractivity contribution in [3.05, 3.63) is 38.9 Å². The standard InChI is InChI=1S/C11H9BrN2O2S/c1-16-11-4-8(13-6-14-11)9(15)5-10-7(12)2-3-17-10/h2-4,6H,5H2,1H3. The van der Waals surface area contributed by atoms with E-state index in [0.29, 0.717) is 18.0 Å². The Bertz CT molecular complexity index is 542. The van der Waals surface area contributed by atoms with Crippen LogP contribution in [-0.4, -0.2) is 22.9 Å². The number of carbonyl (C=O) groups is 1. The van der Waals surface area contributed by atoms with Gasteiger partial charge in [-0.05, 0) is 27.4 Å². The zero-order valence-electron chi connectivity index (χ0n) is 9.01. The van der Waals surface area contributed by atoms with Gasteiger partial charge in [0.2, 0.25) is 5.88 Å². The Morgan fingerprint density at radius 3 is 3.00 bits per heavy atom. The van der Waals surface area contributed by atoms with E-state index in [2.05, 4.69) is 25.9 Å². The van der Waals surface area contributed by atoms with E-state index in [-0.39, 0.29) is 5.78 Å². The van der Waals surface area contributed by atoms with Gasteiger partial charge in [0.15, 0.2) is 5.78 Å². The van der Waals surface area contributed by atoms with Crippen molar-refractivity contribution in [3.8, 4) is 5.88 Å². The third-order valence-electron chi connectivity index (χ3n) is 2.15. The van der Waals surface area contributed by atoms with Crippen LogP contribution in [0.1, 0.15) is 15.4 Å². The summed E-state index contributed by atoms with van der Waals surface area (Å²) in [7, 11) is 1.51. The second kappa shape index (κ2) is 5.37.